The molecule has 0 saturated carbocycles. The average Bonchev–Trinajstić information content (AvgIpc) is 2.27. The van der Waals surface area contributed by atoms with Gasteiger partial charge in [-0.3, -0.25) is 20.4 Å². The van der Waals surface area contributed by atoms with Gasteiger partial charge < -0.3 is 0 Å². The van der Waals surface area contributed by atoms with Crippen molar-refractivity contribution in [1.29, 1.82) is 0 Å². The highest BCUT2D eigenvalue weighted by Crippen LogP contribution is 2.07. The number of halogens is 1. The van der Waals surface area contributed by atoms with E-state index in [-0.39, 0.29) is 23.5 Å². The van der Waals surface area contributed by atoms with E-state index in [4.69, 9.17) is 11.7 Å². The second-order valence-corrected chi connectivity index (χ2v) is 2.49. The van der Waals surface area contributed by atoms with Crippen LogP contribution in [0.3, 0.4) is 0 Å². The molecule has 2 amide bonds. The predicted molar refractivity (Wildman–Crippen MR) is 57.0 cm³/mol. The van der Waals surface area contributed by atoms with E-state index in [1.807, 2.05) is 10.9 Å². The van der Waals surface area contributed by atoms with E-state index in [0.717, 1.165) is 0 Å². The molecule has 0 aliphatic heterocycles. The molecule has 1 aromatic carbocycles. The number of benzene rings is 1. The van der Waals surface area contributed by atoms with Crippen LogP contribution in [0.15, 0.2) is 24.3 Å². The fourth-order valence-electron chi connectivity index (χ4n) is 1.03. The van der Waals surface area contributed by atoms with Crippen molar-refractivity contribution in [3.05, 3.63) is 35.4 Å². The number of hydrazine groups is 2. The van der Waals surface area contributed by atoms with Crippen molar-refractivity contribution >= 4 is 24.2 Å². The van der Waals surface area contributed by atoms with Gasteiger partial charge >= 0.3 is 0 Å². The van der Waals surface area contributed by atoms with E-state index in [1.54, 1.807) is 12.1 Å². The average molecular weight is 231 g/mol. The van der Waals surface area contributed by atoms with Gasteiger partial charge in [0.1, 0.15) is 0 Å². The Morgan fingerprint density at radius 3 is 1.53 bits per heavy atom. The van der Waals surface area contributed by atoms with Crippen LogP contribution in [0.4, 0.5) is 0 Å². The van der Waals surface area contributed by atoms with Gasteiger partial charge in [0.15, 0.2) is 0 Å². The summed E-state index contributed by atoms with van der Waals surface area (Å²) in [6.07, 6.45) is 0. The number of hydrogen-bond donors (Lipinski definition) is 4. The van der Waals surface area contributed by atoms with E-state index in [0.29, 0.717) is 0 Å². The Kier molecular flexibility index (Phi) is 5.32. The third kappa shape index (κ3) is 2.91. The molecular formula is C8H11ClN4O2. The van der Waals surface area contributed by atoms with Crippen LogP contribution in [0.2, 0.25) is 0 Å². The number of nitrogens with one attached hydrogen (secondary N) is 2. The van der Waals surface area contributed by atoms with Crippen molar-refractivity contribution in [1.82, 2.24) is 10.9 Å². The first-order valence-electron chi connectivity index (χ1n) is 3.81. The minimum Gasteiger partial charge on any atom is -0.290 e. The van der Waals surface area contributed by atoms with Crippen LogP contribution in [0.5, 0.6) is 0 Å². The van der Waals surface area contributed by atoms with Crippen molar-refractivity contribution in [2.75, 3.05) is 0 Å². The zero-order valence-corrected chi connectivity index (χ0v) is 8.51. The largest absolute Gasteiger partial charge is 0.290 e. The summed E-state index contributed by atoms with van der Waals surface area (Å²) in [5.41, 5.74) is 4.24. The van der Waals surface area contributed by atoms with Crippen molar-refractivity contribution in [2.24, 2.45) is 11.7 Å². The van der Waals surface area contributed by atoms with Crippen LogP contribution >= 0.6 is 12.4 Å². The molecule has 6 nitrogen and oxygen atoms in total. The van der Waals surface area contributed by atoms with Crippen molar-refractivity contribution in [2.45, 2.75) is 0 Å². The molecule has 0 saturated heterocycles. The van der Waals surface area contributed by atoms with E-state index >= 15 is 0 Å². The van der Waals surface area contributed by atoms with Gasteiger partial charge in [-0.2, -0.15) is 0 Å². The van der Waals surface area contributed by atoms with Crippen molar-refractivity contribution in [3.8, 4) is 0 Å². The Hall–Kier alpha value is -1.63. The molecule has 0 fully saturated rings. The molecule has 0 radical (unpaired) electrons. The molecule has 0 aromatic heterocycles. The van der Waals surface area contributed by atoms with Crippen molar-refractivity contribution < 1.29 is 9.59 Å². The number of nitrogen functional groups attached to an aromatic ring is 2. The number of amides is 2. The number of carbonyl (C=O) groups is 2. The molecule has 0 spiro atoms. The van der Waals surface area contributed by atoms with Gasteiger partial charge in [0, 0.05) is 0 Å². The molecule has 82 valence electrons. The van der Waals surface area contributed by atoms with E-state index in [1.165, 1.54) is 12.1 Å². The zero-order valence-electron chi connectivity index (χ0n) is 7.69. The predicted octanol–water partition coefficient (Wildman–Crippen LogP) is -0.685. The molecule has 0 aliphatic carbocycles. The fourth-order valence-corrected chi connectivity index (χ4v) is 1.03. The monoisotopic (exact) mass is 230 g/mol. The SMILES string of the molecule is Cl.NNC(=O)c1ccccc1C(=O)NN. The van der Waals surface area contributed by atoms with Crippen LogP contribution in [-0.4, -0.2) is 11.8 Å². The topological polar surface area (TPSA) is 110 Å². The van der Waals surface area contributed by atoms with Gasteiger partial charge in [0.05, 0.1) is 11.1 Å². The Bertz CT molecular complexity index is 334. The molecule has 0 atom stereocenters. The Balaban J connectivity index is 0.00000196. The smallest absolute Gasteiger partial charge is 0.265 e. The summed E-state index contributed by atoms with van der Waals surface area (Å²) in [6.45, 7) is 0. The van der Waals surface area contributed by atoms with E-state index in [9.17, 15) is 9.59 Å². The van der Waals surface area contributed by atoms with Gasteiger partial charge in [0.25, 0.3) is 11.8 Å². The summed E-state index contributed by atoms with van der Waals surface area (Å²) in [4.78, 5) is 22.4. The fraction of sp³-hybridized carbons (Fsp3) is 0. The van der Waals surface area contributed by atoms with Crippen LogP contribution in [0, 0.1) is 0 Å². The summed E-state index contributed by atoms with van der Waals surface area (Å²) < 4.78 is 0. The first-order chi connectivity index (χ1) is 6.70. The van der Waals surface area contributed by atoms with E-state index in [2.05, 4.69) is 0 Å². The molecule has 0 aliphatic rings. The highest BCUT2D eigenvalue weighted by atomic mass is 35.5. The summed E-state index contributed by atoms with van der Waals surface area (Å²) in [7, 11) is 0. The zero-order chi connectivity index (χ0) is 10.6. The minimum absolute atomic E-state index is 0. The second kappa shape index (κ2) is 5.97. The number of carbonyl (C=O) groups excluding carboxylic acids is 2. The molecule has 1 aromatic rings. The van der Waals surface area contributed by atoms with Gasteiger partial charge in [-0.15, -0.1) is 12.4 Å². The lowest BCUT2D eigenvalue weighted by atomic mass is 10.1. The summed E-state index contributed by atoms with van der Waals surface area (Å²) in [5.74, 6) is 8.83. The van der Waals surface area contributed by atoms with Gasteiger partial charge in [-0.1, -0.05) is 12.1 Å². The van der Waals surface area contributed by atoms with Crippen LogP contribution in [-0.2, 0) is 0 Å². The normalized spacial score (nSPS) is 8.67. The molecule has 1 rings (SSSR count). The third-order valence-electron chi connectivity index (χ3n) is 1.68. The van der Waals surface area contributed by atoms with Gasteiger partial charge in [-0.25, -0.2) is 11.7 Å². The van der Waals surface area contributed by atoms with Crippen molar-refractivity contribution in [3.63, 3.8) is 0 Å². The van der Waals surface area contributed by atoms with Crippen LogP contribution in [0.25, 0.3) is 0 Å². The van der Waals surface area contributed by atoms with Gasteiger partial charge in [-0.05, 0) is 12.1 Å². The lowest BCUT2D eigenvalue weighted by Crippen LogP contribution is -2.35. The number of hydrogen-bond acceptors (Lipinski definition) is 4. The molecule has 7 heteroatoms. The van der Waals surface area contributed by atoms with Gasteiger partial charge in [0.2, 0.25) is 0 Å². The van der Waals surface area contributed by atoms with E-state index < -0.39 is 11.8 Å². The quantitative estimate of drug-likeness (QED) is 0.306. The lowest BCUT2D eigenvalue weighted by Gasteiger charge is -2.05. The molecular weight excluding hydrogens is 220 g/mol. The molecule has 15 heavy (non-hydrogen) atoms. The second-order valence-electron chi connectivity index (χ2n) is 2.49. The first kappa shape index (κ1) is 13.4. The maximum Gasteiger partial charge on any atom is 0.265 e. The summed E-state index contributed by atoms with van der Waals surface area (Å²) in [5, 5.41) is 0. The minimum atomic E-state index is -0.538. The highest BCUT2D eigenvalue weighted by Gasteiger charge is 2.14. The Morgan fingerprint density at radius 2 is 1.27 bits per heavy atom. The molecule has 0 bridgehead atoms. The lowest BCUT2D eigenvalue weighted by molar-refractivity contribution is 0.0919. The summed E-state index contributed by atoms with van der Waals surface area (Å²) >= 11 is 0. The third-order valence-corrected chi connectivity index (χ3v) is 1.68. The maximum absolute atomic E-state index is 11.2. The molecule has 6 N–H and O–H groups in total. The summed E-state index contributed by atoms with van der Waals surface area (Å²) in [6, 6.07) is 6.20. The molecule has 0 unspecified atom stereocenters. The number of nitrogens with two attached hydrogens (primary N) is 2. The number of rotatable bonds is 2. The Morgan fingerprint density at radius 1 is 0.933 bits per heavy atom. The standard InChI is InChI=1S/C8H10N4O2.ClH/c9-11-7(13)5-3-1-2-4-6(5)8(14)12-10;/h1-4H,9-10H2,(H,11,13)(H,12,14);1H. The highest BCUT2D eigenvalue weighted by molar-refractivity contribution is 6.06. The van der Waals surface area contributed by atoms with Crippen LogP contribution < -0.4 is 22.5 Å². The first-order valence-corrected chi connectivity index (χ1v) is 3.81. The Labute approximate surface area is 92.4 Å². The maximum atomic E-state index is 11.2. The molecule has 0 heterocycles. The van der Waals surface area contributed by atoms with Crippen LogP contribution in [0.1, 0.15) is 20.7 Å².